The number of carbonyl (C=O) groups is 1. The Morgan fingerprint density at radius 2 is 2.10 bits per heavy atom. The molecule has 0 spiro atoms. The molecule has 0 saturated heterocycles. The molecule has 110 valence electrons. The van der Waals surface area contributed by atoms with E-state index in [1.54, 1.807) is 6.20 Å². The molecule has 2 aromatic rings. The van der Waals surface area contributed by atoms with Crippen molar-refractivity contribution < 1.29 is 4.79 Å². The zero-order valence-corrected chi connectivity index (χ0v) is 12.9. The van der Waals surface area contributed by atoms with Crippen LogP contribution in [0.25, 0.3) is 17.0 Å². The third-order valence-electron chi connectivity index (χ3n) is 2.99. The number of aromatic nitrogens is 1. The molecule has 0 aliphatic heterocycles. The van der Waals surface area contributed by atoms with Gasteiger partial charge in [0.2, 0.25) is 5.91 Å². The molecule has 1 aromatic heterocycles. The molecule has 1 amide bonds. The summed E-state index contributed by atoms with van der Waals surface area (Å²) in [6.45, 7) is 5.97. The zero-order chi connectivity index (χ0) is 15.3. The summed E-state index contributed by atoms with van der Waals surface area (Å²) < 4.78 is 0. The lowest BCUT2D eigenvalue weighted by Gasteiger charge is -2.20. The van der Waals surface area contributed by atoms with Gasteiger partial charge < -0.3 is 5.32 Å². The molecule has 1 aromatic carbocycles. The molecule has 0 aliphatic carbocycles. The van der Waals surface area contributed by atoms with Crippen molar-refractivity contribution in [3.05, 3.63) is 48.2 Å². The van der Waals surface area contributed by atoms with Crippen LogP contribution in [0, 0.1) is 0 Å². The first-order valence-corrected chi connectivity index (χ1v) is 7.26. The van der Waals surface area contributed by atoms with Gasteiger partial charge in [0.05, 0.1) is 5.52 Å². The maximum absolute atomic E-state index is 11.7. The highest BCUT2D eigenvalue weighted by atomic mass is 16.1. The van der Waals surface area contributed by atoms with Gasteiger partial charge in [0.1, 0.15) is 0 Å². The second-order valence-corrected chi connectivity index (χ2v) is 6.19. The standard InChI is InChI=1S/C18H22N2O/c1-18(2,3)20-17(21)9-5-4-7-14-10-11-16-15(13-14)8-6-12-19-16/h4,6-8,10-13H,5,9H2,1-3H3,(H,20,21)/b7-4+. The second kappa shape index (κ2) is 6.53. The monoisotopic (exact) mass is 282 g/mol. The predicted molar refractivity (Wildman–Crippen MR) is 87.9 cm³/mol. The summed E-state index contributed by atoms with van der Waals surface area (Å²) >= 11 is 0. The molecule has 0 radical (unpaired) electrons. The maximum Gasteiger partial charge on any atom is 0.220 e. The van der Waals surface area contributed by atoms with Gasteiger partial charge in [0.15, 0.2) is 0 Å². The van der Waals surface area contributed by atoms with Gasteiger partial charge in [-0.1, -0.05) is 24.3 Å². The highest BCUT2D eigenvalue weighted by molar-refractivity contribution is 5.81. The van der Waals surface area contributed by atoms with E-state index in [0.717, 1.165) is 22.9 Å². The van der Waals surface area contributed by atoms with Gasteiger partial charge in [0, 0.05) is 23.5 Å². The number of hydrogen-bond acceptors (Lipinski definition) is 2. The van der Waals surface area contributed by atoms with Crippen molar-refractivity contribution in [1.29, 1.82) is 0 Å². The molecule has 21 heavy (non-hydrogen) atoms. The Balaban J connectivity index is 1.90. The van der Waals surface area contributed by atoms with E-state index in [4.69, 9.17) is 0 Å². The van der Waals surface area contributed by atoms with E-state index in [2.05, 4.69) is 28.5 Å². The molecule has 0 atom stereocenters. The summed E-state index contributed by atoms with van der Waals surface area (Å²) in [7, 11) is 0. The third-order valence-corrected chi connectivity index (χ3v) is 2.99. The Morgan fingerprint density at radius 3 is 2.86 bits per heavy atom. The van der Waals surface area contributed by atoms with Crippen LogP contribution in [0.4, 0.5) is 0 Å². The van der Waals surface area contributed by atoms with E-state index >= 15 is 0 Å². The Labute approximate surface area is 126 Å². The fraction of sp³-hybridized carbons (Fsp3) is 0.333. The van der Waals surface area contributed by atoms with Crippen LogP contribution in [0.5, 0.6) is 0 Å². The molecule has 0 aliphatic rings. The Kier molecular flexibility index (Phi) is 4.73. The third kappa shape index (κ3) is 5.03. The molecule has 0 bridgehead atoms. The minimum Gasteiger partial charge on any atom is -0.352 e. The van der Waals surface area contributed by atoms with E-state index in [-0.39, 0.29) is 11.4 Å². The van der Waals surface area contributed by atoms with Gasteiger partial charge in [-0.25, -0.2) is 0 Å². The number of pyridine rings is 1. The van der Waals surface area contributed by atoms with Gasteiger partial charge >= 0.3 is 0 Å². The SMILES string of the molecule is CC(C)(C)NC(=O)CC/C=C/c1ccc2ncccc2c1. The molecule has 0 saturated carbocycles. The lowest BCUT2D eigenvalue weighted by molar-refractivity contribution is -0.122. The average molecular weight is 282 g/mol. The minimum atomic E-state index is -0.161. The van der Waals surface area contributed by atoms with Crippen molar-refractivity contribution in [2.75, 3.05) is 0 Å². The molecule has 0 unspecified atom stereocenters. The number of fused-ring (bicyclic) bond motifs is 1. The smallest absolute Gasteiger partial charge is 0.220 e. The second-order valence-electron chi connectivity index (χ2n) is 6.19. The Hall–Kier alpha value is -2.16. The van der Waals surface area contributed by atoms with Crippen molar-refractivity contribution >= 4 is 22.9 Å². The molecule has 0 fully saturated rings. The highest BCUT2D eigenvalue weighted by Gasteiger charge is 2.12. The summed E-state index contributed by atoms with van der Waals surface area (Å²) in [5.74, 6) is 0.0925. The molecule has 1 heterocycles. The number of hydrogen-bond donors (Lipinski definition) is 1. The van der Waals surface area contributed by atoms with Gasteiger partial charge in [-0.3, -0.25) is 9.78 Å². The number of carbonyl (C=O) groups excluding carboxylic acids is 1. The number of rotatable bonds is 4. The predicted octanol–water partition coefficient (Wildman–Crippen LogP) is 3.94. The van der Waals surface area contributed by atoms with Crippen LogP contribution < -0.4 is 5.32 Å². The van der Waals surface area contributed by atoms with Gasteiger partial charge in [0.25, 0.3) is 0 Å². The Bertz CT molecular complexity index is 654. The molecular formula is C18H22N2O. The van der Waals surface area contributed by atoms with Gasteiger partial charge in [-0.2, -0.15) is 0 Å². The van der Waals surface area contributed by atoms with Crippen LogP contribution in [-0.4, -0.2) is 16.4 Å². The van der Waals surface area contributed by atoms with Crippen molar-refractivity contribution in [2.24, 2.45) is 0 Å². The summed E-state index contributed by atoms with van der Waals surface area (Å²) in [4.78, 5) is 16.0. The molecule has 3 heteroatoms. The fourth-order valence-electron chi connectivity index (χ4n) is 2.11. The largest absolute Gasteiger partial charge is 0.352 e. The highest BCUT2D eigenvalue weighted by Crippen LogP contribution is 2.14. The van der Waals surface area contributed by atoms with E-state index in [0.29, 0.717) is 6.42 Å². The van der Waals surface area contributed by atoms with E-state index in [1.165, 1.54) is 0 Å². The Morgan fingerprint density at radius 1 is 1.29 bits per heavy atom. The number of nitrogens with zero attached hydrogens (tertiary/aromatic N) is 1. The van der Waals surface area contributed by atoms with Crippen molar-refractivity contribution in [3.63, 3.8) is 0 Å². The normalized spacial score (nSPS) is 12.0. The number of allylic oxidation sites excluding steroid dienone is 1. The van der Waals surface area contributed by atoms with Crippen LogP contribution in [-0.2, 0) is 4.79 Å². The van der Waals surface area contributed by atoms with Crippen LogP contribution in [0.3, 0.4) is 0 Å². The molecule has 3 nitrogen and oxygen atoms in total. The van der Waals surface area contributed by atoms with Crippen molar-refractivity contribution in [3.8, 4) is 0 Å². The number of nitrogens with one attached hydrogen (secondary N) is 1. The minimum absolute atomic E-state index is 0.0925. The fourth-order valence-corrected chi connectivity index (χ4v) is 2.11. The zero-order valence-electron chi connectivity index (χ0n) is 12.9. The quantitative estimate of drug-likeness (QED) is 0.922. The van der Waals surface area contributed by atoms with E-state index in [9.17, 15) is 4.79 Å². The molecule has 1 N–H and O–H groups in total. The average Bonchev–Trinajstić information content (AvgIpc) is 2.41. The summed E-state index contributed by atoms with van der Waals surface area (Å²) in [6.07, 6.45) is 7.15. The van der Waals surface area contributed by atoms with Crippen LogP contribution in [0.1, 0.15) is 39.2 Å². The van der Waals surface area contributed by atoms with E-state index in [1.807, 2.05) is 45.0 Å². The molecular weight excluding hydrogens is 260 g/mol. The lowest BCUT2D eigenvalue weighted by atomic mass is 10.1. The summed E-state index contributed by atoms with van der Waals surface area (Å²) in [6, 6.07) is 10.2. The topological polar surface area (TPSA) is 42.0 Å². The first kappa shape index (κ1) is 15.2. The summed E-state index contributed by atoms with van der Waals surface area (Å²) in [5.41, 5.74) is 1.97. The van der Waals surface area contributed by atoms with E-state index < -0.39 is 0 Å². The van der Waals surface area contributed by atoms with Crippen molar-refractivity contribution in [1.82, 2.24) is 10.3 Å². The van der Waals surface area contributed by atoms with Crippen LogP contribution in [0.15, 0.2) is 42.6 Å². The first-order chi connectivity index (χ1) is 9.94. The lowest BCUT2D eigenvalue weighted by Crippen LogP contribution is -2.40. The first-order valence-electron chi connectivity index (χ1n) is 7.26. The van der Waals surface area contributed by atoms with Gasteiger partial charge in [-0.05, 0) is 51.0 Å². The number of benzene rings is 1. The van der Waals surface area contributed by atoms with Crippen molar-refractivity contribution in [2.45, 2.75) is 39.2 Å². The summed E-state index contributed by atoms with van der Waals surface area (Å²) in [5, 5.41) is 4.09. The van der Waals surface area contributed by atoms with Crippen LogP contribution >= 0.6 is 0 Å². The van der Waals surface area contributed by atoms with Crippen LogP contribution in [0.2, 0.25) is 0 Å². The molecule has 2 rings (SSSR count). The van der Waals surface area contributed by atoms with Gasteiger partial charge in [-0.15, -0.1) is 0 Å². The number of amides is 1. The maximum atomic E-state index is 11.7.